The average molecular weight is 513 g/mol. The highest BCUT2D eigenvalue weighted by atomic mass is 32.2. The molecule has 0 aliphatic rings. The molecule has 36 heavy (non-hydrogen) atoms. The van der Waals surface area contributed by atoms with Crippen LogP contribution in [-0.2, 0) is 20.2 Å². The van der Waals surface area contributed by atoms with E-state index in [1.807, 2.05) is 24.3 Å². The van der Waals surface area contributed by atoms with Gasteiger partial charge in [-0.15, -0.1) is 0 Å². The Morgan fingerprint density at radius 2 is 1.47 bits per heavy atom. The molecule has 0 aromatic heterocycles. The van der Waals surface area contributed by atoms with E-state index >= 15 is 0 Å². The third-order valence-corrected chi connectivity index (χ3v) is 6.87. The molecule has 192 valence electrons. The Kier molecular flexibility index (Phi) is 8.14. The lowest BCUT2D eigenvalue weighted by atomic mass is 9.87. The normalized spacial score (nSPS) is 12.4. The zero-order chi connectivity index (χ0) is 26.5. The van der Waals surface area contributed by atoms with Gasteiger partial charge in [0.25, 0.3) is 15.9 Å². The Labute approximate surface area is 212 Å². The Morgan fingerprint density at radius 3 is 2.03 bits per heavy atom. The second-order valence-corrected chi connectivity index (χ2v) is 10.9. The molecule has 0 saturated carbocycles. The number of carbonyl (C=O) groups excluding carboxylic acids is 1. The summed E-state index contributed by atoms with van der Waals surface area (Å²) in [7, 11) is -0.975. The van der Waals surface area contributed by atoms with E-state index in [-0.39, 0.29) is 21.9 Å². The molecule has 0 radical (unpaired) electrons. The lowest BCUT2D eigenvalue weighted by Crippen LogP contribution is -2.30. The van der Waals surface area contributed by atoms with Crippen LogP contribution in [0.25, 0.3) is 0 Å². The molecule has 1 atom stereocenters. The molecule has 0 unspecified atom stereocenters. The number of methoxy groups -OCH3 is 2. The van der Waals surface area contributed by atoms with Gasteiger partial charge in [0.05, 0.1) is 24.8 Å². The van der Waals surface area contributed by atoms with E-state index < -0.39 is 16.1 Å². The average Bonchev–Trinajstić information content (AvgIpc) is 2.83. The predicted molar refractivity (Wildman–Crippen MR) is 141 cm³/mol. The van der Waals surface area contributed by atoms with Crippen LogP contribution in [-0.4, -0.2) is 34.6 Å². The Hall–Kier alpha value is -3.72. The van der Waals surface area contributed by atoms with Gasteiger partial charge in [-0.3, -0.25) is 9.52 Å². The minimum atomic E-state index is -3.91. The third-order valence-electron chi connectivity index (χ3n) is 5.49. The summed E-state index contributed by atoms with van der Waals surface area (Å²) in [5, 5.41) is 2.74. The van der Waals surface area contributed by atoms with Crippen molar-refractivity contribution in [1.29, 1.82) is 0 Å². The molecule has 2 N–H and O–H groups in total. The number of carbonyl (C=O) groups is 1. The number of sulfonamides is 1. The Balaban J connectivity index is 1.65. The molecular weight excluding hydrogens is 480 g/mol. The summed E-state index contributed by atoms with van der Waals surface area (Å²) in [5.41, 5.74) is 1.88. The van der Waals surface area contributed by atoms with Crippen molar-refractivity contribution in [2.75, 3.05) is 24.3 Å². The highest BCUT2D eigenvalue weighted by molar-refractivity contribution is 7.92. The molecule has 0 heterocycles. The van der Waals surface area contributed by atoms with Crippen molar-refractivity contribution in [1.82, 2.24) is 0 Å². The van der Waals surface area contributed by atoms with Gasteiger partial charge in [0.2, 0.25) is 0 Å². The number of ether oxygens (including phenoxy) is 3. The van der Waals surface area contributed by atoms with Gasteiger partial charge in [-0.2, -0.15) is 0 Å². The first-order valence-electron chi connectivity index (χ1n) is 11.4. The maximum absolute atomic E-state index is 12.9. The largest absolute Gasteiger partial charge is 0.497 e. The number of hydrogen-bond acceptors (Lipinski definition) is 6. The Morgan fingerprint density at radius 1 is 0.861 bits per heavy atom. The van der Waals surface area contributed by atoms with Crippen LogP contribution in [0, 0.1) is 0 Å². The van der Waals surface area contributed by atoms with E-state index in [2.05, 4.69) is 30.8 Å². The van der Waals surface area contributed by atoms with Crippen LogP contribution in [0.3, 0.4) is 0 Å². The van der Waals surface area contributed by atoms with Crippen molar-refractivity contribution in [3.05, 3.63) is 72.3 Å². The first-order valence-corrected chi connectivity index (χ1v) is 12.8. The first-order chi connectivity index (χ1) is 16.9. The van der Waals surface area contributed by atoms with Crippen molar-refractivity contribution in [3.8, 4) is 17.2 Å². The zero-order valence-electron chi connectivity index (χ0n) is 21.3. The van der Waals surface area contributed by atoms with Crippen LogP contribution in [0.15, 0.2) is 71.6 Å². The fourth-order valence-electron chi connectivity index (χ4n) is 3.35. The van der Waals surface area contributed by atoms with Crippen molar-refractivity contribution in [2.24, 2.45) is 0 Å². The summed E-state index contributed by atoms with van der Waals surface area (Å²) in [4.78, 5) is 12.6. The van der Waals surface area contributed by atoms with Gasteiger partial charge in [0.1, 0.15) is 17.2 Å². The van der Waals surface area contributed by atoms with Gasteiger partial charge in [-0.05, 0) is 66.4 Å². The van der Waals surface area contributed by atoms with Gasteiger partial charge in [0.15, 0.2) is 6.10 Å². The quantitative estimate of drug-likeness (QED) is 0.408. The summed E-state index contributed by atoms with van der Waals surface area (Å²) >= 11 is 0. The van der Waals surface area contributed by atoms with E-state index in [4.69, 9.17) is 14.2 Å². The number of amides is 1. The maximum atomic E-state index is 12.9. The number of hydrogen-bond donors (Lipinski definition) is 2. The molecule has 0 aliphatic carbocycles. The van der Waals surface area contributed by atoms with Gasteiger partial charge in [-0.1, -0.05) is 32.9 Å². The minimum Gasteiger partial charge on any atom is -0.497 e. The number of anilines is 2. The fraction of sp³-hybridized carbons (Fsp3) is 0.296. The highest BCUT2D eigenvalue weighted by Gasteiger charge is 2.19. The zero-order valence-corrected chi connectivity index (χ0v) is 22.1. The van der Waals surface area contributed by atoms with E-state index in [9.17, 15) is 13.2 Å². The first kappa shape index (κ1) is 26.9. The molecule has 3 rings (SSSR count). The van der Waals surface area contributed by atoms with Crippen LogP contribution in [0.1, 0.15) is 33.3 Å². The van der Waals surface area contributed by atoms with Gasteiger partial charge >= 0.3 is 0 Å². The molecule has 9 heteroatoms. The predicted octanol–water partition coefficient (Wildman–Crippen LogP) is 5.21. The van der Waals surface area contributed by atoms with Gasteiger partial charge < -0.3 is 19.5 Å². The monoisotopic (exact) mass is 512 g/mol. The molecule has 8 nitrogen and oxygen atoms in total. The minimum absolute atomic E-state index is 0.0219. The summed E-state index contributed by atoms with van der Waals surface area (Å²) in [6.07, 6.45) is -0.754. The molecular formula is C27H32N2O6S. The van der Waals surface area contributed by atoms with Crippen LogP contribution in [0.4, 0.5) is 11.4 Å². The Bertz CT molecular complexity index is 1300. The molecule has 3 aromatic rings. The third kappa shape index (κ3) is 6.69. The molecule has 0 bridgehead atoms. The van der Waals surface area contributed by atoms with E-state index in [1.54, 1.807) is 19.1 Å². The van der Waals surface area contributed by atoms with Crippen LogP contribution >= 0.6 is 0 Å². The van der Waals surface area contributed by atoms with Crippen molar-refractivity contribution in [2.45, 2.75) is 44.1 Å². The summed E-state index contributed by atoms with van der Waals surface area (Å²) in [5.74, 6) is 1.06. The molecule has 0 spiro atoms. The second-order valence-electron chi connectivity index (χ2n) is 9.22. The van der Waals surface area contributed by atoms with Gasteiger partial charge in [0, 0.05) is 11.8 Å². The van der Waals surface area contributed by atoms with Crippen molar-refractivity contribution >= 4 is 27.3 Å². The molecule has 1 amide bonds. The summed E-state index contributed by atoms with van der Waals surface area (Å²) < 4.78 is 44.4. The maximum Gasteiger partial charge on any atom is 0.265 e. The molecule has 0 saturated heterocycles. The van der Waals surface area contributed by atoms with E-state index in [0.29, 0.717) is 22.9 Å². The topological polar surface area (TPSA) is 103 Å². The number of rotatable bonds is 9. The lowest BCUT2D eigenvalue weighted by Gasteiger charge is -2.20. The highest BCUT2D eigenvalue weighted by Crippen LogP contribution is 2.31. The SMILES string of the molecule is COc1ccc(OC)c(NS(=O)(=O)c2ccc(NC(=O)[C@@H](C)Oc3ccc(C(C)(C)C)cc3)cc2)c1. The van der Waals surface area contributed by atoms with Crippen LogP contribution in [0.2, 0.25) is 0 Å². The second kappa shape index (κ2) is 10.9. The molecule has 0 fully saturated rings. The van der Waals surface area contributed by atoms with Crippen LogP contribution in [0.5, 0.6) is 17.2 Å². The summed E-state index contributed by atoms with van der Waals surface area (Å²) in [6, 6.07) is 18.3. The number of benzene rings is 3. The summed E-state index contributed by atoms with van der Waals surface area (Å²) in [6.45, 7) is 8.03. The lowest BCUT2D eigenvalue weighted by molar-refractivity contribution is -0.122. The standard InChI is InChI=1S/C27H32N2O6S/c1-18(35-21-11-7-19(8-12-21)27(2,3)4)26(30)28-20-9-14-23(15-10-20)36(31,32)29-24-17-22(33-5)13-16-25(24)34-6/h7-18,29H,1-6H3,(H,28,30)/t18-/m1/s1. The van der Waals surface area contributed by atoms with Crippen molar-refractivity contribution in [3.63, 3.8) is 0 Å². The smallest absolute Gasteiger partial charge is 0.265 e. The van der Waals surface area contributed by atoms with E-state index in [0.717, 1.165) is 0 Å². The van der Waals surface area contributed by atoms with Crippen molar-refractivity contribution < 1.29 is 27.4 Å². The van der Waals surface area contributed by atoms with Crippen LogP contribution < -0.4 is 24.2 Å². The van der Waals surface area contributed by atoms with E-state index in [1.165, 1.54) is 50.1 Å². The number of nitrogens with one attached hydrogen (secondary N) is 2. The molecule has 3 aromatic carbocycles. The van der Waals surface area contributed by atoms with Gasteiger partial charge in [-0.25, -0.2) is 8.42 Å². The fourth-order valence-corrected chi connectivity index (χ4v) is 4.41. The molecule has 0 aliphatic heterocycles.